The van der Waals surface area contributed by atoms with Crippen LogP contribution in [0.15, 0.2) is 47.6 Å². The first-order valence-corrected chi connectivity index (χ1v) is 7.40. The van der Waals surface area contributed by atoms with Crippen LogP contribution in [0.5, 0.6) is 11.5 Å². The van der Waals surface area contributed by atoms with Crippen molar-refractivity contribution in [1.29, 1.82) is 0 Å². The molecule has 1 aliphatic heterocycles. The van der Waals surface area contributed by atoms with Crippen molar-refractivity contribution >= 4 is 11.6 Å². The lowest BCUT2D eigenvalue weighted by Crippen LogP contribution is -2.21. The molecule has 1 aliphatic rings. The maximum absolute atomic E-state index is 12.0. The van der Waals surface area contributed by atoms with Gasteiger partial charge in [-0.15, -0.1) is 0 Å². The molecule has 118 valence electrons. The lowest BCUT2D eigenvalue weighted by Gasteiger charge is -2.04. The second kappa shape index (κ2) is 6.52. The van der Waals surface area contributed by atoms with Gasteiger partial charge in [-0.3, -0.25) is 4.79 Å². The van der Waals surface area contributed by atoms with Gasteiger partial charge in [-0.2, -0.15) is 5.10 Å². The monoisotopic (exact) mass is 310 g/mol. The number of aryl methyl sites for hydroxylation is 1. The number of carbonyl (C=O) groups is 1. The summed E-state index contributed by atoms with van der Waals surface area (Å²) in [7, 11) is 0. The number of benzene rings is 2. The topological polar surface area (TPSA) is 59.9 Å². The summed E-state index contributed by atoms with van der Waals surface area (Å²) in [6.45, 7) is 4.12. The van der Waals surface area contributed by atoms with Crippen LogP contribution in [0.1, 0.15) is 23.6 Å². The van der Waals surface area contributed by atoms with Crippen LogP contribution in [-0.2, 0) is 11.2 Å². The van der Waals surface area contributed by atoms with E-state index in [1.54, 1.807) is 0 Å². The molecule has 3 rings (SSSR count). The Bertz CT molecular complexity index is 751. The summed E-state index contributed by atoms with van der Waals surface area (Å²) >= 11 is 0. The fourth-order valence-electron chi connectivity index (χ4n) is 2.28. The van der Waals surface area contributed by atoms with Crippen molar-refractivity contribution in [2.75, 3.05) is 6.79 Å². The number of rotatable bonds is 4. The highest BCUT2D eigenvalue weighted by Gasteiger charge is 2.14. The molecule has 0 saturated carbocycles. The number of hydrogen-bond donors (Lipinski definition) is 1. The van der Waals surface area contributed by atoms with Crippen LogP contribution in [0.4, 0.5) is 0 Å². The molecule has 0 saturated heterocycles. The van der Waals surface area contributed by atoms with Gasteiger partial charge in [-0.25, -0.2) is 5.43 Å². The molecule has 0 bridgehead atoms. The lowest BCUT2D eigenvalue weighted by atomic mass is 10.1. The number of hydrazone groups is 1. The van der Waals surface area contributed by atoms with Crippen LogP contribution >= 0.6 is 0 Å². The zero-order valence-electron chi connectivity index (χ0n) is 13.1. The first-order chi connectivity index (χ1) is 11.1. The van der Waals surface area contributed by atoms with Crippen molar-refractivity contribution in [3.63, 3.8) is 0 Å². The van der Waals surface area contributed by atoms with Gasteiger partial charge in [0.1, 0.15) is 0 Å². The maximum atomic E-state index is 12.0. The normalized spacial score (nSPS) is 13.0. The molecule has 2 aromatic carbocycles. The molecule has 0 aliphatic carbocycles. The fourth-order valence-corrected chi connectivity index (χ4v) is 2.28. The minimum Gasteiger partial charge on any atom is -0.454 e. The molecule has 2 aromatic rings. The van der Waals surface area contributed by atoms with Crippen molar-refractivity contribution in [3.8, 4) is 11.5 Å². The lowest BCUT2D eigenvalue weighted by molar-refractivity contribution is -0.120. The van der Waals surface area contributed by atoms with Crippen molar-refractivity contribution < 1.29 is 14.3 Å². The summed E-state index contributed by atoms with van der Waals surface area (Å²) in [5.41, 5.74) is 6.39. The Kier molecular flexibility index (Phi) is 4.28. The summed E-state index contributed by atoms with van der Waals surface area (Å²) < 4.78 is 10.6. The molecule has 1 amide bonds. The first kappa shape index (κ1) is 15.1. The van der Waals surface area contributed by atoms with Crippen LogP contribution in [0, 0.1) is 6.92 Å². The van der Waals surface area contributed by atoms with Gasteiger partial charge in [-0.05, 0) is 37.1 Å². The van der Waals surface area contributed by atoms with E-state index < -0.39 is 0 Å². The van der Waals surface area contributed by atoms with Gasteiger partial charge in [0.2, 0.25) is 12.7 Å². The zero-order chi connectivity index (χ0) is 16.2. The second-order valence-corrected chi connectivity index (χ2v) is 5.46. The van der Waals surface area contributed by atoms with Gasteiger partial charge in [0.15, 0.2) is 11.5 Å². The number of hydrogen-bond acceptors (Lipinski definition) is 4. The highest BCUT2D eigenvalue weighted by molar-refractivity contribution is 5.99. The van der Waals surface area contributed by atoms with E-state index in [2.05, 4.69) is 10.5 Å². The zero-order valence-corrected chi connectivity index (χ0v) is 13.1. The molecule has 23 heavy (non-hydrogen) atoms. The van der Waals surface area contributed by atoms with E-state index in [-0.39, 0.29) is 19.1 Å². The Hall–Kier alpha value is -2.82. The predicted molar refractivity (Wildman–Crippen MR) is 87.8 cm³/mol. The Labute approximate surface area is 134 Å². The highest BCUT2D eigenvalue weighted by atomic mass is 16.7. The van der Waals surface area contributed by atoms with E-state index in [0.29, 0.717) is 11.5 Å². The average Bonchev–Trinajstić information content (AvgIpc) is 3.01. The largest absolute Gasteiger partial charge is 0.454 e. The average molecular weight is 310 g/mol. The van der Waals surface area contributed by atoms with Crippen molar-refractivity contribution in [3.05, 3.63) is 59.2 Å². The Morgan fingerprint density at radius 3 is 2.65 bits per heavy atom. The molecular formula is C18H18N2O3. The number of fused-ring (bicyclic) bond motifs is 1. The molecule has 5 heteroatoms. The van der Waals surface area contributed by atoms with E-state index in [9.17, 15) is 4.79 Å². The Balaban J connectivity index is 1.61. The van der Waals surface area contributed by atoms with Gasteiger partial charge in [0.25, 0.3) is 0 Å². The molecule has 5 nitrogen and oxygen atoms in total. The molecule has 0 spiro atoms. The third-order valence-electron chi connectivity index (χ3n) is 3.62. The van der Waals surface area contributed by atoms with E-state index in [4.69, 9.17) is 9.47 Å². The molecule has 0 atom stereocenters. The number of nitrogens with one attached hydrogen (secondary N) is 1. The first-order valence-electron chi connectivity index (χ1n) is 7.40. The molecule has 1 N–H and O–H groups in total. The van der Waals surface area contributed by atoms with Crippen molar-refractivity contribution in [1.82, 2.24) is 5.43 Å². The molecule has 0 aromatic heterocycles. The summed E-state index contributed by atoms with van der Waals surface area (Å²) in [5, 5.41) is 4.15. The van der Waals surface area contributed by atoms with E-state index >= 15 is 0 Å². The summed E-state index contributed by atoms with van der Waals surface area (Å²) in [6.07, 6.45) is 0.237. The SMILES string of the molecule is C/C(=N/NC(=O)Cc1ccc2c(c1)OCO2)c1ccc(C)cc1. The third-order valence-corrected chi connectivity index (χ3v) is 3.62. The van der Waals surface area contributed by atoms with Gasteiger partial charge in [-0.1, -0.05) is 35.9 Å². The molecule has 1 heterocycles. The fraction of sp³-hybridized carbons (Fsp3) is 0.222. The predicted octanol–water partition coefficient (Wildman–Crippen LogP) is 2.81. The van der Waals surface area contributed by atoms with Crippen LogP contribution in [0.2, 0.25) is 0 Å². The number of carbonyl (C=O) groups excluding carboxylic acids is 1. The number of nitrogens with zero attached hydrogens (tertiary/aromatic N) is 1. The van der Waals surface area contributed by atoms with E-state index in [1.807, 2.05) is 56.3 Å². The van der Waals surface area contributed by atoms with Gasteiger partial charge >= 0.3 is 0 Å². The molecule has 0 unspecified atom stereocenters. The van der Waals surface area contributed by atoms with Crippen LogP contribution in [-0.4, -0.2) is 18.4 Å². The van der Waals surface area contributed by atoms with Crippen LogP contribution in [0.25, 0.3) is 0 Å². The van der Waals surface area contributed by atoms with Gasteiger partial charge in [0.05, 0.1) is 12.1 Å². The van der Waals surface area contributed by atoms with Crippen molar-refractivity contribution in [2.45, 2.75) is 20.3 Å². The van der Waals surface area contributed by atoms with Crippen molar-refractivity contribution in [2.24, 2.45) is 5.10 Å². The van der Waals surface area contributed by atoms with E-state index in [1.165, 1.54) is 5.56 Å². The van der Waals surface area contributed by atoms with Crippen LogP contribution in [0.3, 0.4) is 0 Å². The Morgan fingerprint density at radius 2 is 1.87 bits per heavy atom. The van der Waals surface area contributed by atoms with Gasteiger partial charge < -0.3 is 9.47 Å². The summed E-state index contributed by atoms with van der Waals surface area (Å²) in [4.78, 5) is 12.0. The molecule has 0 radical (unpaired) electrons. The van der Waals surface area contributed by atoms with Crippen LogP contribution < -0.4 is 14.9 Å². The van der Waals surface area contributed by atoms with Gasteiger partial charge in [0, 0.05) is 0 Å². The second-order valence-electron chi connectivity index (χ2n) is 5.46. The Morgan fingerprint density at radius 1 is 1.13 bits per heavy atom. The molecule has 0 fully saturated rings. The standard InChI is InChI=1S/C18H18N2O3/c1-12-3-6-15(7-4-12)13(2)19-20-18(21)10-14-5-8-16-17(9-14)23-11-22-16/h3-9H,10-11H2,1-2H3,(H,20,21)/b19-13-. The highest BCUT2D eigenvalue weighted by Crippen LogP contribution is 2.32. The van der Waals surface area contributed by atoms with E-state index in [0.717, 1.165) is 16.8 Å². The minimum absolute atomic E-state index is 0.171. The third kappa shape index (κ3) is 3.69. The quantitative estimate of drug-likeness (QED) is 0.698. The minimum atomic E-state index is -0.171. The maximum Gasteiger partial charge on any atom is 0.244 e. The number of ether oxygens (including phenoxy) is 2. The summed E-state index contributed by atoms with van der Waals surface area (Å²) in [5.74, 6) is 1.22. The smallest absolute Gasteiger partial charge is 0.244 e. The summed E-state index contributed by atoms with van der Waals surface area (Å²) in [6, 6.07) is 13.5. The molecular weight excluding hydrogens is 292 g/mol. The number of amides is 1.